The Bertz CT molecular complexity index is 258. The summed E-state index contributed by atoms with van der Waals surface area (Å²) in [6.45, 7) is 0.0968. The van der Waals surface area contributed by atoms with Crippen LogP contribution in [0, 0.1) is 0 Å². The Kier molecular flexibility index (Phi) is 1.72. The first kappa shape index (κ1) is 6.56. The first-order chi connectivity index (χ1) is 4.22. The van der Waals surface area contributed by atoms with Gasteiger partial charge in [-0.3, -0.25) is 0 Å². The number of hydrogen-bond donors (Lipinski definition) is 1. The van der Waals surface area contributed by atoms with E-state index in [9.17, 15) is 8.42 Å². The summed E-state index contributed by atoms with van der Waals surface area (Å²) in [5.74, 6) is 0. The molecule has 0 aliphatic carbocycles. The fraction of sp³-hybridized carbons (Fsp3) is 0.500. The van der Waals surface area contributed by atoms with E-state index in [1.807, 2.05) is 0 Å². The van der Waals surface area contributed by atoms with E-state index in [0.29, 0.717) is 0 Å². The summed E-state index contributed by atoms with van der Waals surface area (Å²) in [6, 6.07) is 0. The van der Waals surface area contributed by atoms with Gasteiger partial charge in [0.2, 0.25) is 10.3 Å². The molecule has 0 aromatic rings. The molecule has 50 valence electrons. The maximum Gasteiger partial charge on any atom is 0.238 e. The zero-order chi connectivity index (χ0) is 6.85. The van der Waals surface area contributed by atoms with Gasteiger partial charge in [-0.15, -0.1) is 0 Å². The first-order valence-electron chi connectivity index (χ1n) is 2.03. The summed E-state index contributed by atoms with van der Waals surface area (Å²) < 4.78 is 21.3. The van der Waals surface area contributed by atoms with Gasteiger partial charge in [0, 0.05) is 0 Å². The highest BCUT2D eigenvalue weighted by atomic mass is 32.2. The molecule has 0 unspecified atom stereocenters. The van der Waals surface area contributed by atoms with Crippen LogP contribution in [0.1, 0.15) is 0 Å². The zero-order valence-corrected chi connectivity index (χ0v) is 5.93. The second-order valence-corrected chi connectivity index (χ2v) is 2.63. The van der Waals surface area contributed by atoms with Crippen LogP contribution < -0.4 is 0 Å². The van der Waals surface area contributed by atoms with E-state index in [-0.39, 0.29) is 11.5 Å². The van der Waals surface area contributed by atoms with Gasteiger partial charge in [0.25, 0.3) is 0 Å². The first-order valence-corrected chi connectivity index (χ1v) is 3.51. The van der Waals surface area contributed by atoms with Gasteiger partial charge in [-0.05, 0) is 12.8 Å². The predicted molar refractivity (Wildman–Crippen MR) is 34.5 cm³/mol. The van der Waals surface area contributed by atoms with Crippen molar-refractivity contribution in [2.24, 2.45) is 10.3 Å². The van der Waals surface area contributed by atoms with Crippen LogP contribution in [0.3, 0.4) is 0 Å². The van der Waals surface area contributed by atoms with Crippen molar-refractivity contribution in [3.63, 3.8) is 0 Å². The van der Waals surface area contributed by atoms with E-state index in [1.54, 1.807) is 0 Å². The van der Waals surface area contributed by atoms with Crippen molar-refractivity contribution >= 4 is 28.1 Å². The van der Waals surface area contributed by atoms with Crippen molar-refractivity contribution in [1.29, 1.82) is 0 Å². The summed E-state index contributed by atoms with van der Waals surface area (Å²) in [5, 5.41) is 6.74. The maximum atomic E-state index is 10.2. The second-order valence-electron chi connectivity index (χ2n) is 1.31. The topological polar surface area (TPSA) is 62.1 Å². The van der Waals surface area contributed by atoms with Crippen LogP contribution in [0.2, 0.25) is 0 Å². The minimum Gasteiger partial charge on any atom is -0.183 e. The standard InChI is InChI=1S/C2H3N3O2S2/c6-9(7)2-1-3-4-5(2)8/h8H,1H2. The zero-order valence-electron chi connectivity index (χ0n) is 4.22. The summed E-state index contributed by atoms with van der Waals surface area (Å²) in [7, 11) is -2.24. The lowest BCUT2D eigenvalue weighted by Crippen LogP contribution is -2.13. The van der Waals surface area contributed by atoms with Crippen molar-refractivity contribution in [1.82, 2.24) is 4.41 Å². The maximum absolute atomic E-state index is 10.2. The lowest BCUT2D eigenvalue weighted by molar-refractivity contribution is 0.624. The lowest BCUT2D eigenvalue weighted by atomic mass is 10.7. The molecule has 1 aliphatic rings. The molecule has 0 saturated carbocycles. The quantitative estimate of drug-likeness (QED) is 0.389. The Morgan fingerprint density at radius 3 is 2.56 bits per heavy atom. The van der Waals surface area contributed by atoms with E-state index in [2.05, 4.69) is 23.2 Å². The number of thiol groups is 1. The van der Waals surface area contributed by atoms with Crippen molar-refractivity contribution in [2.75, 3.05) is 6.54 Å². The SMILES string of the molecule is O=S(=O)=C1CN=NN1S. The third-order valence-electron chi connectivity index (χ3n) is 0.769. The molecule has 0 radical (unpaired) electrons. The fourth-order valence-electron chi connectivity index (χ4n) is 0.385. The van der Waals surface area contributed by atoms with Crippen LogP contribution in [-0.4, -0.2) is 24.4 Å². The van der Waals surface area contributed by atoms with E-state index in [0.717, 1.165) is 4.41 Å². The minimum absolute atomic E-state index is 0.0818. The fourth-order valence-corrected chi connectivity index (χ4v) is 1.04. The largest absolute Gasteiger partial charge is 0.238 e. The summed E-state index contributed by atoms with van der Waals surface area (Å²) in [4.78, 5) is 0.0818. The van der Waals surface area contributed by atoms with Gasteiger partial charge >= 0.3 is 0 Å². The molecular weight excluding hydrogens is 162 g/mol. The third-order valence-corrected chi connectivity index (χ3v) is 1.91. The Hall–Kier alpha value is -0.560. The monoisotopic (exact) mass is 165 g/mol. The van der Waals surface area contributed by atoms with Gasteiger partial charge < -0.3 is 0 Å². The molecule has 0 saturated heterocycles. The van der Waals surface area contributed by atoms with Gasteiger partial charge in [-0.1, -0.05) is 5.22 Å². The highest BCUT2D eigenvalue weighted by Crippen LogP contribution is 2.04. The Morgan fingerprint density at radius 2 is 2.33 bits per heavy atom. The van der Waals surface area contributed by atoms with Gasteiger partial charge in [0.15, 0.2) is 4.99 Å². The summed E-state index contributed by atoms with van der Waals surface area (Å²) >= 11 is 3.67. The van der Waals surface area contributed by atoms with Gasteiger partial charge in [-0.25, -0.2) is 0 Å². The van der Waals surface area contributed by atoms with Gasteiger partial charge in [0.1, 0.15) is 6.54 Å². The second kappa shape index (κ2) is 2.36. The molecule has 0 bridgehead atoms. The smallest absolute Gasteiger partial charge is 0.183 e. The average molecular weight is 165 g/mol. The molecule has 1 aliphatic heterocycles. The number of nitrogens with zero attached hydrogens (tertiary/aromatic N) is 3. The molecule has 1 heterocycles. The van der Waals surface area contributed by atoms with Crippen LogP contribution in [0.25, 0.3) is 0 Å². The van der Waals surface area contributed by atoms with Crippen LogP contribution in [0.4, 0.5) is 0 Å². The third kappa shape index (κ3) is 1.22. The summed E-state index contributed by atoms with van der Waals surface area (Å²) in [5.41, 5.74) is 0. The van der Waals surface area contributed by atoms with Crippen LogP contribution in [-0.2, 0) is 10.3 Å². The molecule has 0 aromatic heterocycles. The molecule has 0 spiro atoms. The molecule has 9 heavy (non-hydrogen) atoms. The molecule has 0 amide bonds. The Morgan fingerprint density at radius 1 is 1.67 bits per heavy atom. The molecule has 5 nitrogen and oxygen atoms in total. The van der Waals surface area contributed by atoms with Gasteiger partial charge in [-0.2, -0.15) is 17.9 Å². The van der Waals surface area contributed by atoms with Crippen LogP contribution >= 0.6 is 12.8 Å². The average Bonchev–Trinajstić information content (AvgIpc) is 2.13. The molecule has 0 atom stereocenters. The van der Waals surface area contributed by atoms with E-state index in [4.69, 9.17) is 0 Å². The Balaban J connectivity index is 3.05. The van der Waals surface area contributed by atoms with E-state index in [1.165, 1.54) is 0 Å². The molecular formula is C2H3N3O2S2. The number of rotatable bonds is 0. The molecule has 0 fully saturated rings. The molecule has 1 rings (SSSR count). The predicted octanol–water partition coefficient (Wildman–Crippen LogP) is -0.477. The molecule has 0 aromatic carbocycles. The molecule has 7 heteroatoms. The minimum atomic E-state index is -2.24. The van der Waals surface area contributed by atoms with Crippen LogP contribution in [0.5, 0.6) is 0 Å². The van der Waals surface area contributed by atoms with Crippen molar-refractivity contribution in [3.8, 4) is 0 Å². The highest BCUT2D eigenvalue weighted by Gasteiger charge is 2.13. The van der Waals surface area contributed by atoms with Crippen molar-refractivity contribution < 1.29 is 8.42 Å². The van der Waals surface area contributed by atoms with E-state index < -0.39 is 10.3 Å². The van der Waals surface area contributed by atoms with Crippen LogP contribution in [0.15, 0.2) is 10.3 Å². The van der Waals surface area contributed by atoms with Crippen molar-refractivity contribution in [3.05, 3.63) is 0 Å². The highest BCUT2D eigenvalue weighted by molar-refractivity contribution is 7.81. The van der Waals surface area contributed by atoms with Crippen molar-refractivity contribution in [2.45, 2.75) is 0 Å². The van der Waals surface area contributed by atoms with Gasteiger partial charge in [0.05, 0.1) is 0 Å². The van der Waals surface area contributed by atoms with E-state index >= 15 is 0 Å². The normalized spacial score (nSPS) is 17.0. The number of hydrogen-bond acceptors (Lipinski definition) is 5. The summed E-state index contributed by atoms with van der Waals surface area (Å²) in [6.07, 6.45) is 0. The molecule has 0 N–H and O–H groups in total. The lowest BCUT2D eigenvalue weighted by Gasteiger charge is -1.96. The Labute approximate surface area is 58.4 Å².